The number of pyridine rings is 2. The quantitative estimate of drug-likeness (QED) is 0.0607. The molecule has 1 unspecified atom stereocenters. The summed E-state index contributed by atoms with van der Waals surface area (Å²) in [4.78, 5) is 45.1. The highest BCUT2D eigenvalue weighted by Gasteiger charge is 2.50. The number of piperidine rings is 1. The second kappa shape index (κ2) is 20.8. The van der Waals surface area contributed by atoms with E-state index in [1.54, 1.807) is 25.4 Å². The Bertz CT molecular complexity index is 3380. The van der Waals surface area contributed by atoms with Crippen molar-refractivity contribution in [1.29, 1.82) is 0 Å². The topological polar surface area (TPSA) is 211 Å². The molecule has 20 heteroatoms. The van der Waals surface area contributed by atoms with Gasteiger partial charge in [-0.1, -0.05) is 50.2 Å². The first-order chi connectivity index (χ1) is 36.7. The summed E-state index contributed by atoms with van der Waals surface area (Å²) in [6.45, 7) is 9.87. The van der Waals surface area contributed by atoms with E-state index in [2.05, 4.69) is 85.0 Å². The van der Waals surface area contributed by atoms with Crippen molar-refractivity contribution >= 4 is 55.1 Å². The van der Waals surface area contributed by atoms with Gasteiger partial charge in [0.1, 0.15) is 44.8 Å². The monoisotopic (exact) mass is 1060 g/mol. The van der Waals surface area contributed by atoms with Crippen molar-refractivity contribution in [2.45, 2.75) is 87.5 Å². The summed E-state index contributed by atoms with van der Waals surface area (Å²) in [6, 6.07) is 25.4. The lowest BCUT2D eigenvalue weighted by Crippen LogP contribution is -2.60. The van der Waals surface area contributed by atoms with Crippen LogP contribution in [0.3, 0.4) is 0 Å². The zero-order valence-electron chi connectivity index (χ0n) is 42.8. The molecular weight excluding hydrogens is 994 g/mol. The number of hydrogen-bond acceptors (Lipinski definition) is 15. The molecular formula is C56H62FN9O9S. The van der Waals surface area contributed by atoms with Gasteiger partial charge in [0.15, 0.2) is 11.3 Å². The largest absolute Gasteiger partial charge is 0.497 e. The maximum atomic E-state index is 15.6. The fourth-order valence-electron chi connectivity index (χ4n) is 11.8. The van der Waals surface area contributed by atoms with Crippen LogP contribution in [-0.2, 0) is 21.3 Å². The number of hydrogen-bond donors (Lipinski definition) is 3. The number of anilines is 2. The molecule has 1 amide bonds. The number of alkyl halides is 1. The molecule has 18 nitrogen and oxygen atoms in total. The Kier molecular flexibility index (Phi) is 13.9. The van der Waals surface area contributed by atoms with Gasteiger partial charge in [-0.2, -0.15) is 0 Å². The van der Waals surface area contributed by atoms with Crippen molar-refractivity contribution < 1.29 is 41.2 Å². The number of H-pyrrole nitrogens is 1. The van der Waals surface area contributed by atoms with Crippen molar-refractivity contribution in [2.24, 2.45) is 5.41 Å². The summed E-state index contributed by atoms with van der Waals surface area (Å²) in [7, 11) is -3.14. The second-order valence-electron chi connectivity index (χ2n) is 21.1. The second-order valence-corrected chi connectivity index (χ2v) is 22.8. The SMILES string of the molecule is COc1ccc(CN2CCN(C3CC4(CCN(c5cc(Oc6cnc7[nH]ccc7c6)c(C(=O)NS(=O)(=O)c6cc([N+](=O)[O-])c(NCC7(F)CCOCC7)c7occc67)cn5)CC4)C3)C(c3ccccc3C(C)C)C2)cc1. The minimum atomic E-state index is -4.83. The number of benzene rings is 3. The number of halogens is 1. The summed E-state index contributed by atoms with van der Waals surface area (Å²) >= 11 is 0. The predicted molar refractivity (Wildman–Crippen MR) is 285 cm³/mol. The Morgan fingerprint density at radius 2 is 1.74 bits per heavy atom. The minimum absolute atomic E-state index is 0.0319. The number of fused-ring (bicyclic) bond motifs is 2. The van der Waals surface area contributed by atoms with Crippen LogP contribution in [0, 0.1) is 15.5 Å². The molecule has 398 valence electrons. The van der Waals surface area contributed by atoms with Crippen LogP contribution in [0.4, 0.5) is 21.6 Å². The molecule has 4 aromatic heterocycles. The lowest BCUT2D eigenvalue weighted by Gasteiger charge is -2.58. The number of aromatic nitrogens is 3. The Morgan fingerprint density at radius 3 is 2.49 bits per heavy atom. The third-order valence-electron chi connectivity index (χ3n) is 16.1. The van der Waals surface area contributed by atoms with E-state index in [1.807, 2.05) is 18.2 Å². The number of rotatable bonds is 16. The number of aromatic amines is 1. The van der Waals surface area contributed by atoms with Gasteiger partial charge in [0.05, 0.1) is 24.5 Å². The number of nitro groups is 1. The van der Waals surface area contributed by atoms with Gasteiger partial charge >= 0.3 is 0 Å². The van der Waals surface area contributed by atoms with E-state index in [0.29, 0.717) is 29.2 Å². The van der Waals surface area contributed by atoms with Crippen molar-refractivity contribution in [1.82, 2.24) is 29.5 Å². The van der Waals surface area contributed by atoms with Crippen LogP contribution in [-0.4, -0.2) is 115 Å². The van der Waals surface area contributed by atoms with Gasteiger partial charge in [-0.05, 0) is 84.0 Å². The number of amides is 1. The fraction of sp³-hybridized carbons (Fsp3) is 0.411. The lowest BCUT2D eigenvalue weighted by atomic mass is 9.59. The standard InChI is InChI=1S/C56H62FN9O9S/c1-36(2)42-6-4-5-7-43(42)47-34-63(33-37-8-10-40(72-3)11-9-37)21-22-65(47)39-29-55(30-39)14-19-64(20-15-55)50-28-48(75-41-26-38-12-18-58-53(38)60-31-41)45(32-59-50)54(67)62-76(70,71)49-27-46(66(68)69)51(52-44(49)13-23-74-52)61-35-56(57)16-24-73-25-17-56/h4-13,18,23,26-28,31-32,36,39,47,61H,14-17,19-22,24-25,29-30,33-35H2,1-3H3,(H,58,60)(H,62,67). The van der Waals surface area contributed by atoms with E-state index in [-0.39, 0.29) is 72.0 Å². The molecule has 0 radical (unpaired) electrons. The van der Waals surface area contributed by atoms with E-state index in [0.717, 1.165) is 82.2 Å². The smallest absolute Gasteiger partial charge is 0.297 e. The van der Waals surface area contributed by atoms with Crippen molar-refractivity contribution in [2.75, 3.05) is 69.8 Å². The number of sulfonamides is 1. The summed E-state index contributed by atoms with van der Waals surface area (Å²) in [5.74, 6) is 1.06. The van der Waals surface area contributed by atoms with Gasteiger partial charge in [0, 0.05) is 119 Å². The van der Waals surface area contributed by atoms with Crippen molar-refractivity contribution in [3.63, 3.8) is 0 Å². The first-order valence-corrected chi connectivity index (χ1v) is 27.5. The third-order valence-corrected chi connectivity index (χ3v) is 17.4. The molecule has 0 bridgehead atoms. The molecule has 3 saturated heterocycles. The highest BCUT2D eigenvalue weighted by Crippen LogP contribution is 2.53. The normalized spacial score (nSPS) is 19.2. The van der Waals surface area contributed by atoms with Gasteiger partial charge in [-0.3, -0.25) is 24.7 Å². The van der Waals surface area contributed by atoms with Gasteiger partial charge in [-0.25, -0.2) is 27.5 Å². The van der Waals surface area contributed by atoms with E-state index in [1.165, 1.54) is 41.4 Å². The van der Waals surface area contributed by atoms with Crippen LogP contribution in [0.2, 0.25) is 0 Å². The molecule has 3 N–H and O–H groups in total. The van der Waals surface area contributed by atoms with Crippen LogP contribution >= 0.6 is 0 Å². The van der Waals surface area contributed by atoms with Gasteiger partial charge < -0.3 is 33.8 Å². The zero-order valence-corrected chi connectivity index (χ0v) is 43.6. The average Bonchev–Trinajstić information content (AvgIpc) is 4.12. The lowest BCUT2D eigenvalue weighted by molar-refractivity contribution is -0.384. The number of nitrogens with one attached hydrogen (secondary N) is 3. The Hall–Kier alpha value is -7.13. The molecule has 1 aliphatic carbocycles. The summed E-state index contributed by atoms with van der Waals surface area (Å²) in [5.41, 5.74) is 1.93. The van der Waals surface area contributed by atoms with E-state index in [9.17, 15) is 23.3 Å². The minimum Gasteiger partial charge on any atom is -0.497 e. The molecule has 3 aliphatic heterocycles. The molecule has 11 rings (SSSR count). The molecule has 7 aromatic rings. The van der Waals surface area contributed by atoms with E-state index >= 15 is 4.39 Å². The maximum Gasteiger partial charge on any atom is 0.297 e. The van der Waals surface area contributed by atoms with E-state index < -0.39 is 37.1 Å². The highest BCUT2D eigenvalue weighted by atomic mass is 32.2. The molecule has 4 aliphatic rings. The Morgan fingerprint density at radius 1 is 0.961 bits per heavy atom. The van der Waals surface area contributed by atoms with Crippen LogP contribution < -0.4 is 24.4 Å². The number of nitrogens with zero attached hydrogens (tertiary/aromatic N) is 6. The van der Waals surface area contributed by atoms with Gasteiger partial charge in [0.2, 0.25) is 0 Å². The van der Waals surface area contributed by atoms with E-state index in [4.69, 9.17) is 23.6 Å². The molecule has 1 spiro atoms. The van der Waals surface area contributed by atoms with Crippen LogP contribution in [0.15, 0.2) is 113 Å². The number of piperazine rings is 1. The molecule has 1 atom stereocenters. The number of nitro benzene ring substituents is 1. The van der Waals surface area contributed by atoms with Gasteiger partial charge in [-0.15, -0.1) is 0 Å². The first kappa shape index (κ1) is 51.0. The highest BCUT2D eigenvalue weighted by molar-refractivity contribution is 7.90. The van der Waals surface area contributed by atoms with Gasteiger partial charge in [0.25, 0.3) is 21.6 Å². The van der Waals surface area contributed by atoms with Crippen LogP contribution in [0.1, 0.15) is 91.4 Å². The molecule has 7 heterocycles. The third kappa shape index (κ3) is 10.3. The predicted octanol–water partition coefficient (Wildman–Crippen LogP) is 9.89. The number of ether oxygens (including phenoxy) is 3. The van der Waals surface area contributed by atoms with Crippen molar-refractivity contribution in [3.05, 3.63) is 136 Å². The molecule has 3 aromatic carbocycles. The zero-order chi connectivity index (χ0) is 52.8. The Labute approximate surface area is 440 Å². The first-order valence-electron chi connectivity index (χ1n) is 26.0. The summed E-state index contributed by atoms with van der Waals surface area (Å²) < 4.78 is 68.9. The molecule has 76 heavy (non-hydrogen) atoms. The van der Waals surface area contributed by atoms with Crippen LogP contribution in [0.5, 0.6) is 17.2 Å². The summed E-state index contributed by atoms with van der Waals surface area (Å²) in [5, 5.41) is 16.0. The average molecular weight is 1060 g/mol. The number of carbonyl (C=O) groups excluding carboxylic acids is 1. The molecule has 1 saturated carbocycles. The van der Waals surface area contributed by atoms with Crippen molar-refractivity contribution in [3.8, 4) is 17.2 Å². The molecule has 4 fully saturated rings. The van der Waals surface area contributed by atoms with Crippen LogP contribution in [0.25, 0.3) is 22.0 Å². The maximum absolute atomic E-state index is 15.6. The number of carbonyl (C=O) groups is 1. The number of methoxy groups -OCH3 is 1. The fourth-order valence-corrected chi connectivity index (χ4v) is 13.0. The number of furan rings is 1. The summed E-state index contributed by atoms with van der Waals surface area (Å²) in [6.07, 6.45) is 9.97. The Balaban J connectivity index is 0.810.